The van der Waals surface area contributed by atoms with E-state index in [9.17, 15) is 13.2 Å². The van der Waals surface area contributed by atoms with Crippen LogP contribution in [0.15, 0.2) is 52.4 Å². The van der Waals surface area contributed by atoms with Crippen molar-refractivity contribution >= 4 is 16.0 Å². The standard InChI is InChI=1S/C13H14N2O5S/c16-13(17)3-6-15(9-11-2-1-5-14-8-11)21(18,19)12-4-7-20-10-12/h1-2,4-5,7-8,10H,3,6,9H2,(H,16,17). The maximum atomic E-state index is 12.5. The normalized spacial score (nSPS) is 11.7. The first-order valence-electron chi connectivity index (χ1n) is 6.13. The van der Waals surface area contributed by atoms with Crippen LogP contribution in [0.4, 0.5) is 0 Å². The predicted octanol–water partition coefficient (Wildman–Crippen LogP) is 1.34. The van der Waals surface area contributed by atoms with Crippen molar-refractivity contribution in [1.82, 2.24) is 9.29 Å². The van der Waals surface area contributed by atoms with Crippen molar-refractivity contribution in [3.8, 4) is 0 Å². The number of hydrogen-bond acceptors (Lipinski definition) is 5. The van der Waals surface area contributed by atoms with Crippen molar-refractivity contribution < 1.29 is 22.7 Å². The summed E-state index contributed by atoms with van der Waals surface area (Å²) >= 11 is 0. The second-order valence-electron chi connectivity index (χ2n) is 4.30. The topological polar surface area (TPSA) is 101 Å². The molecule has 0 radical (unpaired) electrons. The number of carboxylic acid groups (broad SMARTS) is 1. The summed E-state index contributed by atoms with van der Waals surface area (Å²) in [6.07, 6.45) is 5.21. The van der Waals surface area contributed by atoms with E-state index in [1.807, 2.05) is 0 Å². The first-order chi connectivity index (χ1) is 10.00. The molecule has 0 aliphatic rings. The first kappa shape index (κ1) is 15.2. The predicted molar refractivity (Wildman–Crippen MR) is 72.8 cm³/mol. The monoisotopic (exact) mass is 310 g/mol. The second kappa shape index (κ2) is 6.51. The van der Waals surface area contributed by atoms with Gasteiger partial charge in [0.05, 0.1) is 12.7 Å². The minimum Gasteiger partial charge on any atom is -0.481 e. The number of nitrogens with zero attached hydrogens (tertiary/aromatic N) is 2. The largest absolute Gasteiger partial charge is 0.481 e. The second-order valence-corrected chi connectivity index (χ2v) is 6.24. The Labute approximate surface area is 121 Å². The van der Waals surface area contributed by atoms with Crippen molar-refractivity contribution in [2.24, 2.45) is 0 Å². The van der Waals surface area contributed by atoms with Gasteiger partial charge in [-0.15, -0.1) is 0 Å². The van der Waals surface area contributed by atoms with Crippen LogP contribution in [0.25, 0.3) is 0 Å². The maximum Gasteiger partial charge on any atom is 0.304 e. The van der Waals surface area contributed by atoms with Crippen LogP contribution in [0.2, 0.25) is 0 Å². The molecule has 2 rings (SSSR count). The van der Waals surface area contributed by atoms with E-state index in [1.165, 1.54) is 12.3 Å². The Morgan fingerprint density at radius 3 is 2.76 bits per heavy atom. The highest BCUT2D eigenvalue weighted by Gasteiger charge is 2.26. The fourth-order valence-corrected chi connectivity index (χ4v) is 3.10. The molecule has 8 heteroatoms. The van der Waals surface area contributed by atoms with Gasteiger partial charge >= 0.3 is 5.97 Å². The fraction of sp³-hybridized carbons (Fsp3) is 0.231. The molecule has 112 valence electrons. The Morgan fingerprint density at radius 2 is 2.19 bits per heavy atom. The lowest BCUT2D eigenvalue weighted by Crippen LogP contribution is -2.32. The van der Waals surface area contributed by atoms with Crippen LogP contribution >= 0.6 is 0 Å². The summed E-state index contributed by atoms with van der Waals surface area (Å²) in [4.78, 5) is 14.6. The molecular weight excluding hydrogens is 296 g/mol. The number of rotatable bonds is 7. The van der Waals surface area contributed by atoms with Gasteiger partial charge in [0.1, 0.15) is 11.2 Å². The zero-order valence-electron chi connectivity index (χ0n) is 11.0. The summed E-state index contributed by atoms with van der Waals surface area (Å²) in [5, 5.41) is 8.77. The molecule has 0 spiro atoms. The number of aromatic nitrogens is 1. The van der Waals surface area contributed by atoms with E-state index < -0.39 is 16.0 Å². The Morgan fingerprint density at radius 1 is 1.38 bits per heavy atom. The molecule has 0 atom stereocenters. The summed E-state index contributed by atoms with van der Waals surface area (Å²) in [5.41, 5.74) is 0.676. The number of hydrogen-bond donors (Lipinski definition) is 1. The van der Waals surface area contributed by atoms with Crippen LogP contribution in [-0.2, 0) is 21.4 Å². The molecule has 0 aliphatic heterocycles. The Bertz CT molecular complexity index is 683. The van der Waals surface area contributed by atoms with Crippen molar-refractivity contribution in [2.75, 3.05) is 6.54 Å². The highest BCUT2D eigenvalue weighted by Crippen LogP contribution is 2.18. The summed E-state index contributed by atoms with van der Waals surface area (Å²) in [5.74, 6) is -1.06. The molecule has 0 amide bonds. The third-order valence-corrected chi connectivity index (χ3v) is 4.61. The van der Waals surface area contributed by atoms with Gasteiger partial charge in [0.2, 0.25) is 10.0 Å². The Hall–Kier alpha value is -2.19. The molecule has 0 saturated heterocycles. The number of carbonyl (C=O) groups is 1. The zero-order chi connectivity index (χ0) is 15.3. The van der Waals surface area contributed by atoms with Gasteiger partial charge in [-0.1, -0.05) is 6.07 Å². The van der Waals surface area contributed by atoms with Crippen LogP contribution in [-0.4, -0.2) is 35.3 Å². The van der Waals surface area contributed by atoms with E-state index in [-0.39, 0.29) is 24.4 Å². The molecule has 2 aromatic heterocycles. The number of sulfonamides is 1. The average Bonchev–Trinajstić information content (AvgIpc) is 2.99. The van der Waals surface area contributed by atoms with Gasteiger partial charge in [-0.2, -0.15) is 4.31 Å². The minimum absolute atomic E-state index is 0.00298. The van der Waals surface area contributed by atoms with Gasteiger partial charge in [0.15, 0.2) is 0 Å². The van der Waals surface area contributed by atoms with E-state index >= 15 is 0 Å². The van der Waals surface area contributed by atoms with Gasteiger partial charge in [-0.25, -0.2) is 8.42 Å². The number of furan rings is 1. The summed E-state index contributed by atoms with van der Waals surface area (Å²) in [6.45, 7) is -0.0770. The van der Waals surface area contributed by atoms with Gasteiger partial charge in [-0.05, 0) is 17.7 Å². The molecule has 0 bridgehead atoms. The lowest BCUT2D eigenvalue weighted by atomic mass is 10.3. The molecule has 7 nitrogen and oxygen atoms in total. The van der Waals surface area contributed by atoms with Crippen molar-refractivity contribution in [2.45, 2.75) is 17.9 Å². The third kappa shape index (κ3) is 3.89. The van der Waals surface area contributed by atoms with E-state index in [1.54, 1.807) is 24.5 Å². The van der Waals surface area contributed by atoms with Crippen LogP contribution in [0.5, 0.6) is 0 Å². The lowest BCUT2D eigenvalue weighted by molar-refractivity contribution is -0.137. The molecule has 0 saturated carbocycles. The molecule has 0 aromatic carbocycles. The fourth-order valence-electron chi connectivity index (χ4n) is 1.75. The van der Waals surface area contributed by atoms with E-state index in [4.69, 9.17) is 9.52 Å². The van der Waals surface area contributed by atoms with E-state index in [0.29, 0.717) is 5.56 Å². The Kier molecular flexibility index (Phi) is 4.71. The van der Waals surface area contributed by atoms with Gasteiger partial charge < -0.3 is 9.52 Å². The smallest absolute Gasteiger partial charge is 0.304 e. The highest BCUT2D eigenvalue weighted by molar-refractivity contribution is 7.89. The minimum atomic E-state index is -3.80. The molecule has 2 heterocycles. The summed E-state index contributed by atoms with van der Waals surface area (Å²) < 4.78 is 30.8. The average molecular weight is 310 g/mol. The van der Waals surface area contributed by atoms with E-state index in [2.05, 4.69) is 4.98 Å². The SMILES string of the molecule is O=C(O)CCN(Cc1cccnc1)S(=O)(=O)c1ccoc1. The van der Waals surface area contributed by atoms with Crippen molar-refractivity contribution in [3.63, 3.8) is 0 Å². The van der Waals surface area contributed by atoms with Crippen LogP contribution in [0, 0.1) is 0 Å². The van der Waals surface area contributed by atoms with Crippen molar-refractivity contribution in [3.05, 3.63) is 48.7 Å². The van der Waals surface area contributed by atoms with Crippen LogP contribution in [0.3, 0.4) is 0 Å². The van der Waals surface area contributed by atoms with E-state index in [0.717, 1.165) is 10.6 Å². The number of aliphatic carboxylic acids is 1. The Balaban J connectivity index is 2.25. The lowest BCUT2D eigenvalue weighted by Gasteiger charge is -2.20. The van der Waals surface area contributed by atoms with Crippen LogP contribution in [0.1, 0.15) is 12.0 Å². The third-order valence-electron chi connectivity index (χ3n) is 2.79. The number of carboxylic acids is 1. The molecule has 2 aromatic rings. The molecule has 0 fully saturated rings. The maximum absolute atomic E-state index is 12.5. The molecule has 21 heavy (non-hydrogen) atoms. The van der Waals surface area contributed by atoms with Gasteiger partial charge in [-0.3, -0.25) is 9.78 Å². The molecule has 1 N–H and O–H groups in total. The first-order valence-corrected chi connectivity index (χ1v) is 7.57. The zero-order valence-corrected chi connectivity index (χ0v) is 11.9. The molecular formula is C13H14N2O5S. The summed E-state index contributed by atoms with van der Waals surface area (Å²) in [6, 6.07) is 4.74. The highest BCUT2D eigenvalue weighted by atomic mass is 32.2. The molecule has 0 unspecified atom stereocenters. The summed E-state index contributed by atoms with van der Waals surface area (Å²) in [7, 11) is -3.80. The molecule has 0 aliphatic carbocycles. The van der Waals surface area contributed by atoms with Crippen molar-refractivity contribution in [1.29, 1.82) is 0 Å². The quantitative estimate of drug-likeness (QED) is 0.828. The van der Waals surface area contributed by atoms with Gasteiger partial charge in [0, 0.05) is 25.5 Å². The van der Waals surface area contributed by atoms with Gasteiger partial charge in [0.25, 0.3) is 0 Å². The van der Waals surface area contributed by atoms with Crippen LogP contribution < -0.4 is 0 Å². The number of pyridine rings is 1.